The van der Waals surface area contributed by atoms with Crippen molar-refractivity contribution in [2.75, 3.05) is 13.7 Å². The zero-order chi connectivity index (χ0) is 12.4. The summed E-state index contributed by atoms with van der Waals surface area (Å²) in [6.07, 6.45) is 0.928. The molecule has 1 saturated heterocycles. The van der Waals surface area contributed by atoms with Gasteiger partial charge in [0.25, 0.3) is 0 Å². The molecule has 0 spiro atoms. The summed E-state index contributed by atoms with van der Waals surface area (Å²) in [7, 11) is 1.69. The van der Waals surface area contributed by atoms with Gasteiger partial charge < -0.3 is 10.1 Å². The number of ketones is 1. The first-order valence-electron chi connectivity index (χ1n) is 5.99. The number of aryl methyl sites for hydroxylation is 2. The van der Waals surface area contributed by atoms with Crippen LogP contribution in [0.15, 0.2) is 18.2 Å². The zero-order valence-electron chi connectivity index (χ0n) is 10.6. The van der Waals surface area contributed by atoms with Crippen molar-refractivity contribution in [3.63, 3.8) is 0 Å². The van der Waals surface area contributed by atoms with Crippen molar-refractivity contribution in [3.05, 3.63) is 34.9 Å². The van der Waals surface area contributed by atoms with Gasteiger partial charge in [0.1, 0.15) is 0 Å². The van der Waals surface area contributed by atoms with Crippen LogP contribution in [0.25, 0.3) is 0 Å². The van der Waals surface area contributed by atoms with E-state index in [1.807, 2.05) is 32.0 Å². The van der Waals surface area contributed by atoms with E-state index in [0.29, 0.717) is 0 Å². The lowest BCUT2D eigenvalue weighted by Gasteiger charge is -2.12. The summed E-state index contributed by atoms with van der Waals surface area (Å²) < 4.78 is 5.27. The molecule has 1 aliphatic rings. The Morgan fingerprint density at radius 1 is 1.41 bits per heavy atom. The molecule has 0 saturated carbocycles. The molecule has 0 aliphatic carbocycles. The third-order valence-electron chi connectivity index (χ3n) is 3.40. The number of benzene rings is 1. The van der Waals surface area contributed by atoms with Crippen molar-refractivity contribution in [2.45, 2.75) is 32.4 Å². The number of rotatable bonds is 3. The number of carbonyl (C=O) groups is 1. The third-order valence-corrected chi connectivity index (χ3v) is 3.40. The fourth-order valence-electron chi connectivity index (χ4n) is 2.27. The van der Waals surface area contributed by atoms with Gasteiger partial charge in [-0.15, -0.1) is 0 Å². The molecule has 92 valence electrons. The first-order valence-corrected chi connectivity index (χ1v) is 5.99. The van der Waals surface area contributed by atoms with Crippen LogP contribution in [0.5, 0.6) is 0 Å². The van der Waals surface area contributed by atoms with Crippen molar-refractivity contribution in [1.29, 1.82) is 0 Å². The Bertz CT molecular complexity index is 428. The molecule has 0 amide bonds. The summed E-state index contributed by atoms with van der Waals surface area (Å²) in [6, 6.07) is 5.91. The molecule has 3 nitrogen and oxygen atoms in total. The highest BCUT2D eigenvalue weighted by Crippen LogP contribution is 2.18. The highest BCUT2D eigenvalue weighted by molar-refractivity contribution is 6.01. The molecule has 2 unspecified atom stereocenters. The minimum absolute atomic E-state index is 0.0968. The summed E-state index contributed by atoms with van der Waals surface area (Å²) in [5.74, 6) is 0.186. The molecule has 1 N–H and O–H groups in total. The Labute approximate surface area is 102 Å². The van der Waals surface area contributed by atoms with Crippen molar-refractivity contribution >= 4 is 5.78 Å². The second-order valence-electron chi connectivity index (χ2n) is 4.74. The van der Waals surface area contributed by atoms with E-state index in [1.165, 1.54) is 0 Å². The first kappa shape index (κ1) is 12.3. The van der Waals surface area contributed by atoms with Crippen LogP contribution in [0.4, 0.5) is 0 Å². The minimum Gasteiger partial charge on any atom is -0.380 e. The summed E-state index contributed by atoms with van der Waals surface area (Å²) in [4.78, 5) is 12.4. The zero-order valence-corrected chi connectivity index (χ0v) is 10.6. The predicted molar refractivity (Wildman–Crippen MR) is 67.5 cm³/mol. The van der Waals surface area contributed by atoms with Crippen LogP contribution in [-0.2, 0) is 4.74 Å². The van der Waals surface area contributed by atoms with E-state index in [1.54, 1.807) is 7.11 Å². The van der Waals surface area contributed by atoms with Crippen LogP contribution in [0.3, 0.4) is 0 Å². The quantitative estimate of drug-likeness (QED) is 0.810. The summed E-state index contributed by atoms with van der Waals surface area (Å²) in [5.41, 5.74) is 3.00. The normalized spacial score (nSPS) is 23.9. The fraction of sp³-hybridized carbons (Fsp3) is 0.500. The second kappa shape index (κ2) is 4.98. The van der Waals surface area contributed by atoms with Crippen LogP contribution in [-0.4, -0.2) is 31.6 Å². The van der Waals surface area contributed by atoms with Gasteiger partial charge in [0.2, 0.25) is 0 Å². The van der Waals surface area contributed by atoms with Crippen molar-refractivity contribution in [1.82, 2.24) is 5.32 Å². The molecular formula is C14H19NO2. The van der Waals surface area contributed by atoms with Crippen LogP contribution in [0, 0.1) is 13.8 Å². The maximum absolute atomic E-state index is 12.4. The maximum atomic E-state index is 12.4. The molecule has 3 heteroatoms. The van der Waals surface area contributed by atoms with Gasteiger partial charge in [-0.25, -0.2) is 0 Å². The molecule has 2 atom stereocenters. The number of Topliss-reactive ketones (excluding diaryl/α,β-unsaturated/α-hetero) is 1. The average Bonchev–Trinajstić information content (AvgIpc) is 2.80. The summed E-state index contributed by atoms with van der Waals surface area (Å²) in [6.45, 7) is 4.75. The number of hydrogen-bond acceptors (Lipinski definition) is 3. The lowest BCUT2D eigenvalue weighted by Crippen LogP contribution is -2.31. The Balaban J connectivity index is 2.17. The number of methoxy groups -OCH3 is 1. The minimum atomic E-state index is -0.0968. The van der Waals surface area contributed by atoms with E-state index < -0.39 is 0 Å². The molecular weight excluding hydrogens is 214 g/mol. The maximum Gasteiger partial charge on any atom is 0.180 e. The first-order chi connectivity index (χ1) is 8.11. The number of ether oxygens (including phenoxy) is 1. The highest BCUT2D eigenvalue weighted by atomic mass is 16.5. The van der Waals surface area contributed by atoms with E-state index >= 15 is 0 Å². The number of nitrogens with one attached hydrogen (secondary N) is 1. The Morgan fingerprint density at radius 3 is 2.82 bits per heavy atom. The fourth-order valence-corrected chi connectivity index (χ4v) is 2.27. The standard InChI is InChI=1S/C14H19NO2/c1-9-4-5-10(2)12(6-9)14(16)13-7-11(17-3)8-15-13/h4-6,11,13,15H,7-8H2,1-3H3. The lowest BCUT2D eigenvalue weighted by atomic mass is 9.96. The molecule has 1 aromatic carbocycles. The van der Waals surface area contributed by atoms with E-state index in [4.69, 9.17) is 4.74 Å². The monoisotopic (exact) mass is 233 g/mol. The van der Waals surface area contributed by atoms with Gasteiger partial charge in [0, 0.05) is 19.2 Å². The molecule has 0 aromatic heterocycles. The lowest BCUT2D eigenvalue weighted by molar-refractivity contribution is 0.0918. The van der Waals surface area contributed by atoms with Crippen molar-refractivity contribution < 1.29 is 9.53 Å². The van der Waals surface area contributed by atoms with E-state index in [9.17, 15) is 4.79 Å². The SMILES string of the molecule is COC1CNC(C(=O)c2cc(C)ccc2C)C1. The van der Waals surface area contributed by atoms with E-state index in [2.05, 4.69) is 5.32 Å². The molecule has 1 heterocycles. The van der Waals surface area contributed by atoms with Gasteiger partial charge in [-0.3, -0.25) is 4.79 Å². The van der Waals surface area contributed by atoms with Crippen molar-refractivity contribution in [2.24, 2.45) is 0 Å². The predicted octanol–water partition coefficient (Wildman–Crippen LogP) is 1.86. The summed E-state index contributed by atoms with van der Waals surface area (Å²) in [5, 5.41) is 3.23. The van der Waals surface area contributed by atoms with Gasteiger partial charge in [0.15, 0.2) is 5.78 Å². The third kappa shape index (κ3) is 2.56. The molecule has 0 radical (unpaired) electrons. The average molecular weight is 233 g/mol. The van der Waals surface area contributed by atoms with E-state index in [0.717, 1.165) is 29.7 Å². The number of carbonyl (C=O) groups excluding carboxylic acids is 1. The summed E-state index contributed by atoms with van der Waals surface area (Å²) >= 11 is 0. The Kier molecular flexibility index (Phi) is 3.60. The molecule has 1 fully saturated rings. The molecule has 0 bridgehead atoms. The van der Waals surface area contributed by atoms with E-state index in [-0.39, 0.29) is 17.9 Å². The Hall–Kier alpha value is -1.19. The van der Waals surface area contributed by atoms with Crippen LogP contribution in [0.1, 0.15) is 27.9 Å². The molecule has 1 aromatic rings. The largest absolute Gasteiger partial charge is 0.380 e. The Morgan fingerprint density at radius 2 is 2.18 bits per heavy atom. The van der Waals surface area contributed by atoms with Gasteiger partial charge in [-0.2, -0.15) is 0 Å². The van der Waals surface area contributed by atoms with Crippen LogP contribution < -0.4 is 5.32 Å². The molecule has 1 aliphatic heterocycles. The van der Waals surface area contributed by atoms with Gasteiger partial charge in [-0.05, 0) is 31.9 Å². The van der Waals surface area contributed by atoms with Gasteiger partial charge >= 0.3 is 0 Å². The number of hydrogen-bond donors (Lipinski definition) is 1. The highest BCUT2D eigenvalue weighted by Gasteiger charge is 2.30. The van der Waals surface area contributed by atoms with Crippen LogP contribution >= 0.6 is 0 Å². The van der Waals surface area contributed by atoms with Gasteiger partial charge in [0.05, 0.1) is 12.1 Å². The smallest absolute Gasteiger partial charge is 0.180 e. The van der Waals surface area contributed by atoms with Crippen molar-refractivity contribution in [3.8, 4) is 0 Å². The second-order valence-corrected chi connectivity index (χ2v) is 4.74. The topological polar surface area (TPSA) is 38.3 Å². The van der Waals surface area contributed by atoms with Gasteiger partial charge in [-0.1, -0.05) is 17.7 Å². The molecule has 17 heavy (non-hydrogen) atoms. The molecule has 2 rings (SSSR count). The van der Waals surface area contributed by atoms with Crippen LogP contribution in [0.2, 0.25) is 0 Å².